The van der Waals surface area contributed by atoms with Gasteiger partial charge in [0.25, 0.3) is 0 Å². The lowest BCUT2D eigenvalue weighted by Crippen LogP contribution is -2.37. The number of carbonyl (C=O) groups is 3. The topological polar surface area (TPSA) is 96.5 Å². The maximum absolute atomic E-state index is 11.6. The SMILES string of the molecule is CC(C)(C)OC(=O)NCCC(=O)NCCNC(=O)/C=C/C1CCCC1. The first-order valence-electron chi connectivity index (χ1n) is 8.96. The molecule has 1 aliphatic carbocycles. The van der Waals surface area contributed by atoms with Crippen molar-refractivity contribution in [3.63, 3.8) is 0 Å². The Hall–Kier alpha value is -2.05. The maximum Gasteiger partial charge on any atom is 0.407 e. The van der Waals surface area contributed by atoms with Crippen molar-refractivity contribution < 1.29 is 19.1 Å². The van der Waals surface area contributed by atoms with Crippen LogP contribution < -0.4 is 16.0 Å². The summed E-state index contributed by atoms with van der Waals surface area (Å²) in [6, 6.07) is 0. The normalized spacial score (nSPS) is 15.2. The van der Waals surface area contributed by atoms with Crippen molar-refractivity contribution in [3.8, 4) is 0 Å². The standard InChI is InChI=1S/C18H31N3O4/c1-18(2,3)25-17(24)21-11-10-16(23)20-13-12-19-15(22)9-8-14-6-4-5-7-14/h8-9,14H,4-7,10-13H2,1-3H3,(H,19,22)(H,20,23)(H,21,24)/b9-8+. The Morgan fingerprint density at radius 3 is 2.28 bits per heavy atom. The number of hydrogen-bond acceptors (Lipinski definition) is 4. The summed E-state index contributed by atoms with van der Waals surface area (Å²) in [6.45, 7) is 6.26. The number of ether oxygens (including phenoxy) is 1. The summed E-state index contributed by atoms with van der Waals surface area (Å²) in [6.07, 6.45) is 7.99. The zero-order valence-corrected chi connectivity index (χ0v) is 15.5. The predicted octanol–water partition coefficient (Wildman–Crippen LogP) is 1.88. The number of allylic oxidation sites excluding steroid dienone is 1. The van der Waals surface area contributed by atoms with E-state index in [4.69, 9.17) is 4.74 Å². The first-order valence-corrected chi connectivity index (χ1v) is 8.96. The highest BCUT2D eigenvalue weighted by Crippen LogP contribution is 2.25. The predicted molar refractivity (Wildman–Crippen MR) is 96.0 cm³/mol. The van der Waals surface area contributed by atoms with Crippen LogP contribution in [0.5, 0.6) is 0 Å². The van der Waals surface area contributed by atoms with Gasteiger partial charge in [-0.1, -0.05) is 18.9 Å². The average molecular weight is 353 g/mol. The van der Waals surface area contributed by atoms with Crippen molar-refractivity contribution >= 4 is 17.9 Å². The highest BCUT2D eigenvalue weighted by Gasteiger charge is 2.15. The van der Waals surface area contributed by atoms with Crippen LogP contribution in [-0.4, -0.2) is 43.1 Å². The molecule has 1 aliphatic rings. The van der Waals surface area contributed by atoms with Gasteiger partial charge in [0, 0.05) is 26.1 Å². The Labute approximate surface area is 149 Å². The van der Waals surface area contributed by atoms with Crippen LogP contribution in [0.15, 0.2) is 12.2 Å². The fraction of sp³-hybridized carbons (Fsp3) is 0.722. The van der Waals surface area contributed by atoms with Gasteiger partial charge in [-0.3, -0.25) is 9.59 Å². The second-order valence-electron chi connectivity index (χ2n) is 7.22. The van der Waals surface area contributed by atoms with E-state index in [2.05, 4.69) is 16.0 Å². The monoisotopic (exact) mass is 353 g/mol. The number of carbonyl (C=O) groups excluding carboxylic acids is 3. The minimum atomic E-state index is -0.559. The van der Waals surface area contributed by atoms with Gasteiger partial charge in [-0.15, -0.1) is 0 Å². The molecule has 3 N–H and O–H groups in total. The van der Waals surface area contributed by atoms with E-state index in [-0.39, 0.29) is 24.8 Å². The van der Waals surface area contributed by atoms with Crippen LogP contribution in [0.2, 0.25) is 0 Å². The van der Waals surface area contributed by atoms with Gasteiger partial charge in [0.2, 0.25) is 11.8 Å². The molecule has 0 spiro atoms. The van der Waals surface area contributed by atoms with Gasteiger partial charge in [-0.2, -0.15) is 0 Å². The molecule has 1 fully saturated rings. The Bertz CT molecular complexity index is 477. The van der Waals surface area contributed by atoms with Gasteiger partial charge in [0.1, 0.15) is 5.60 Å². The van der Waals surface area contributed by atoms with Crippen molar-refractivity contribution in [3.05, 3.63) is 12.2 Å². The molecule has 3 amide bonds. The molecule has 0 heterocycles. The molecule has 0 aliphatic heterocycles. The van der Waals surface area contributed by atoms with Crippen molar-refractivity contribution in [1.29, 1.82) is 0 Å². The van der Waals surface area contributed by atoms with E-state index >= 15 is 0 Å². The molecule has 0 bridgehead atoms. The first kappa shape index (κ1) is 21.0. The molecule has 0 atom stereocenters. The molecule has 0 aromatic rings. The Morgan fingerprint density at radius 1 is 1.00 bits per heavy atom. The van der Waals surface area contributed by atoms with Crippen LogP contribution in [0.4, 0.5) is 4.79 Å². The lowest BCUT2D eigenvalue weighted by atomic mass is 10.1. The summed E-state index contributed by atoms with van der Waals surface area (Å²) in [5, 5.41) is 7.94. The molecule has 0 saturated heterocycles. The van der Waals surface area contributed by atoms with E-state index in [1.807, 2.05) is 6.08 Å². The molecule has 7 heteroatoms. The van der Waals surface area contributed by atoms with E-state index in [1.54, 1.807) is 26.8 Å². The largest absolute Gasteiger partial charge is 0.444 e. The molecule has 1 rings (SSSR count). The number of nitrogens with one attached hydrogen (secondary N) is 3. The molecule has 0 aromatic carbocycles. The smallest absolute Gasteiger partial charge is 0.407 e. The highest BCUT2D eigenvalue weighted by atomic mass is 16.6. The van der Waals surface area contributed by atoms with E-state index in [0.29, 0.717) is 19.0 Å². The van der Waals surface area contributed by atoms with Crippen molar-refractivity contribution in [2.75, 3.05) is 19.6 Å². The van der Waals surface area contributed by atoms with Crippen LogP contribution in [0, 0.1) is 5.92 Å². The quantitative estimate of drug-likeness (QED) is 0.458. The van der Waals surface area contributed by atoms with Crippen LogP contribution in [0.3, 0.4) is 0 Å². The minimum absolute atomic E-state index is 0.132. The third kappa shape index (κ3) is 11.2. The number of alkyl carbamates (subject to hydrolysis) is 1. The number of hydrogen-bond donors (Lipinski definition) is 3. The molecule has 0 unspecified atom stereocenters. The van der Waals surface area contributed by atoms with Gasteiger partial charge in [-0.05, 0) is 45.6 Å². The summed E-state index contributed by atoms with van der Waals surface area (Å²) in [5.74, 6) is 0.211. The Kier molecular flexibility index (Phi) is 9.02. The zero-order valence-electron chi connectivity index (χ0n) is 15.5. The lowest BCUT2D eigenvalue weighted by molar-refractivity contribution is -0.121. The third-order valence-electron chi connectivity index (χ3n) is 3.69. The Balaban J connectivity index is 2.02. The van der Waals surface area contributed by atoms with E-state index < -0.39 is 11.7 Å². The average Bonchev–Trinajstić information content (AvgIpc) is 3.01. The molecular weight excluding hydrogens is 322 g/mol. The van der Waals surface area contributed by atoms with Crippen LogP contribution in [0.1, 0.15) is 52.9 Å². The highest BCUT2D eigenvalue weighted by molar-refractivity contribution is 5.87. The van der Waals surface area contributed by atoms with Crippen LogP contribution in [0.25, 0.3) is 0 Å². The molecule has 142 valence electrons. The van der Waals surface area contributed by atoms with Gasteiger partial charge >= 0.3 is 6.09 Å². The molecule has 0 radical (unpaired) electrons. The number of rotatable bonds is 8. The molecule has 25 heavy (non-hydrogen) atoms. The minimum Gasteiger partial charge on any atom is -0.444 e. The van der Waals surface area contributed by atoms with Crippen LogP contribution >= 0.6 is 0 Å². The van der Waals surface area contributed by atoms with Gasteiger partial charge in [-0.25, -0.2) is 4.79 Å². The Morgan fingerprint density at radius 2 is 1.64 bits per heavy atom. The zero-order chi connectivity index (χ0) is 18.7. The van der Waals surface area contributed by atoms with Gasteiger partial charge in [0.05, 0.1) is 0 Å². The summed E-state index contributed by atoms with van der Waals surface area (Å²) in [7, 11) is 0. The van der Waals surface area contributed by atoms with Crippen molar-refractivity contribution in [1.82, 2.24) is 16.0 Å². The van der Waals surface area contributed by atoms with Crippen molar-refractivity contribution in [2.45, 2.75) is 58.5 Å². The summed E-state index contributed by atoms with van der Waals surface area (Å²) in [5.41, 5.74) is -0.559. The first-order chi connectivity index (χ1) is 11.8. The van der Waals surface area contributed by atoms with Gasteiger partial charge < -0.3 is 20.7 Å². The van der Waals surface area contributed by atoms with Crippen molar-refractivity contribution in [2.24, 2.45) is 5.92 Å². The maximum atomic E-state index is 11.6. The summed E-state index contributed by atoms with van der Waals surface area (Å²) >= 11 is 0. The molecular formula is C18H31N3O4. The number of amides is 3. The van der Waals surface area contributed by atoms with Gasteiger partial charge in [0.15, 0.2) is 0 Å². The fourth-order valence-electron chi connectivity index (χ4n) is 2.50. The van der Waals surface area contributed by atoms with E-state index in [1.165, 1.54) is 12.8 Å². The van der Waals surface area contributed by atoms with E-state index in [0.717, 1.165) is 12.8 Å². The van der Waals surface area contributed by atoms with Crippen LogP contribution in [-0.2, 0) is 14.3 Å². The lowest BCUT2D eigenvalue weighted by Gasteiger charge is -2.19. The van der Waals surface area contributed by atoms with E-state index in [9.17, 15) is 14.4 Å². The summed E-state index contributed by atoms with van der Waals surface area (Å²) in [4.78, 5) is 34.7. The third-order valence-corrected chi connectivity index (χ3v) is 3.69. The summed E-state index contributed by atoms with van der Waals surface area (Å²) < 4.78 is 5.07. The second kappa shape index (κ2) is 10.7. The molecule has 1 saturated carbocycles. The molecule has 0 aromatic heterocycles. The second-order valence-corrected chi connectivity index (χ2v) is 7.22. The molecule has 7 nitrogen and oxygen atoms in total. The fourth-order valence-corrected chi connectivity index (χ4v) is 2.50.